The number of anilines is 1. The van der Waals surface area contributed by atoms with E-state index in [2.05, 4.69) is 10.6 Å². The number of nitrogens with one attached hydrogen (secondary N) is 2. The average molecular weight is 272 g/mol. The van der Waals surface area contributed by atoms with Gasteiger partial charge in [-0.15, -0.1) is 11.3 Å². The highest BCUT2D eigenvalue weighted by Gasteiger charge is 2.13. The zero-order valence-corrected chi connectivity index (χ0v) is 11.0. The first kappa shape index (κ1) is 13.7. The Bertz CT molecular complexity index is 443. The SMILES string of the molecule is CNC(=O)c1ccsc1NC(=O)CSC(C)=O. The van der Waals surface area contributed by atoms with Gasteiger partial charge in [-0.3, -0.25) is 14.4 Å². The van der Waals surface area contributed by atoms with E-state index >= 15 is 0 Å². The van der Waals surface area contributed by atoms with Crippen LogP contribution in [0.5, 0.6) is 0 Å². The number of amides is 2. The second-order valence-electron chi connectivity index (χ2n) is 3.07. The molecule has 0 fully saturated rings. The molecule has 0 spiro atoms. The molecule has 1 rings (SSSR count). The molecule has 0 aliphatic rings. The fraction of sp³-hybridized carbons (Fsp3) is 0.300. The van der Waals surface area contributed by atoms with Crippen molar-refractivity contribution in [3.05, 3.63) is 17.0 Å². The second-order valence-corrected chi connectivity index (χ2v) is 5.14. The van der Waals surface area contributed by atoms with Crippen molar-refractivity contribution < 1.29 is 14.4 Å². The smallest absolute Gasteiger partial charge is 0.254 e. The molecule has 92 valence electrons. The minimum atomic E-state index is -0.294. The molecule has 0 unspecified atom stereocenters. The quantitative estimate of drug-likeness (QED) is 0.867. The highest BCUT2D eigenvalue weighted by Crippen LogP contribution is 2.23. The molecule has 5 nitrogen and oxygen atoms in total. The van der Waals surface area contributed by atoms with Crippen LogP contribution in [0.3, 0.4) is 0 Å². The summed E-state index contributed by atoms with van der Waals surface area (Å²) in [7, 11) is 1.53. The van der Waals surface area contributed by atoms with E-state index in [0.29, 0.717) is 10.6 Å². The summed E-state index contributed by atoms with van der Waals surface area (Å²) in [6.45, 7) is 1.40. The zero-order chi connectivity index (χ0) is 12.8. The minimum Gasteiger partial charge on any atom is -0.355 e. The normalized spacial score (nSPS) is 9.76. The molecule has 1 aromatic rings. The second kappa shape index (κ2) is 6.41. The van der Waals surface area contributed by atoms with Gasteiger partial charge in [-0.2, -0.15) is 0 Å². The van der Waals surface area contributed by atoms with Gasteiger partial charge in [-0.05, 0) is 11.4 Å². The molecule has 1 aromatic heterocycles. The molecule has 1 heterocycles. The lowest BCUT2D eigenvalue weighted by Gasteiger charge is -2.04. The van der Waals surface area contributed by atoms with E-state index in [9.17, 15) is 14.4 Å². The maximum absolute atomic E-state index is 11.5. The van der Waals surface area contributed by atoms with E-state index in [-0.39, 0.29) is 22.7 Å². The number of hydrogen-bond acceptors (Lipinski definition) is 5. The van der Waals surface area contributed by atoms with Gasteiger partial charge < -0.3 is 10.6 Å². The van der Waals surface area contributed by atoms with Gasteiger partial charge >= 0.3 is 0 Å². The fourth-order valence-electron chi connectivity index (χ4n) is 1.05. The van der Waals surface area contributed by atoms with Crippen molar-refractivity contribution >= 4 is 45.0 Å². The van der Waals surface area contributed by atoms with Crippen molar-refractivity contribution in [2.75, 3.05) is 18.1 Å². The molecule has 0 aliphatic carbocycles. The molecule has 0 radical (unpaired) electrons. The predicted octanol–water partition coefficient (Wildman–Crippen LogP) is 1.33. The van der Waals surface area contributed by atoms with Crippen molar-refractivity contribution in [1.29, 1.82) is 0 Å². The van der Waals surface area contributed by atoms with Crippen molar-refractivity contribution in [2.45, 2.75) is 6.92 Å². The highest BCUT2D eigenvalue weighted by atomic mass is 32.2. The van der Waals surface area contributed by atoms with Gasteiger partial charge in [-0.25, -0.2) is 0 Å². The van der Waals surface area contributed by atoms with Crippen molar-refractivity contribution in [3.8, 4) is 0 Å². The van der Waals surface area contributed by atoms with Crippen LogP contribution in [0.2, 0.25) is 0 Å². The largest absolute Gasteiger partial charge is 0.355 e. The van der Waals surface area contributed by atoms with Crippen LogP contribution < -0.4 is 10.6 Å². The van der Waals surface area contributed by atoms with Crippen LogP contribution in [0.4, 0.5) is 5.00 Å². The summed E-state index contributed by atoms with van der Waals surface area (Å²) in [6.07, 6.45) is 0. The first-order chi connectivity index (χ1) is 8.04. The van der Waals surface area contributed by atoms with Crippen LogP contribution >= 0.6 is 23.1 Å². The molecule has 7 heteroatoms. The topological polar surface area (TPSA) is 75.3 Å². The third kappa shape index (κ3) is 4.20. The van der Waals surface area contributed by atoms with E-state index in [1.54, 1.807) is 11.4 Å². The summed E-state index contributed by atoms with van der Waals surface area (Å²) in [5, 5.41) is 7.20. The Morgan fingerprint density at radius 3 is 2.71 bits per heavy atom. The van der Waals surface area contributed by atoms with Crippen LogP contribution in [0.15, 0.2) is 11.4 Å². The Hall–Kier alpha value is -1.34. The number of carbonyl (C=O) groups is 3. The lowest BCUT2D eigenvalue weighted by atomic mass is 10.3. The van der Waals surface area contributed by atoms with Crippen LogP contribution in [0, 0.1) is 0 Å². The van der Waals surface area contributed by atoms with Crippen LogP contribution in [-0.4, -0.2) is 29.7 Å². The number of rotatable bonds is 4. The molecule has 0 bridgehead atoms. The van der Waals surface area contributed by atoms with E-state index in [1.165, 1.54) is 25.3 Å². The minimum absolute atomic E-state index is 0.0560. The number of carbonyl (C=O) groups excluding carboxylic acids is 3. The molecule has 2 amide bonds. The Kier molecular flexibility index (Phi) is 5.17. The lowest BCUT2D eigenvalue weighted by Crippen LogP contribution is -2.21. The highest BCUT2D eigenvalue weighted by molar-refractivity contribution is 8.14. The Labute approximate surface area is 107 Å². The maximum Gasteiger partial charge on any atom is 0.254 e. The van der Waals surface area contributed by atoms with Crippen molar-refractivity contribution in [2.24, 2.45) is 0 Å². The van der Waals surface area contributed by atoms with Gasteiger partial charge in [0, 0.05) is 14.0 Å². The third-order valence-corrected chi connectivity index (χ3v) is 3.44. The van der Waals surface area contributed by atoms with E-state index in [0.717, 1.165) is 11.8 Å². The standard InChI is InChI=1S/C10H12N2O3S2/c1-6(13)17-5-8(14)12-10-7(3-4-16-10)9(15)11-2/h3-4H,5H2,1-2H3,(H,11,15)(H,12,14). The van der Waals surface area contributed by atoms with Crippen molar-refractivity contribution in [3.63, 3.8) is 0 Å². The number of hydrogen-bond donors (Lipinski definition) is 2. The van der Waals surface area contributed by atoms with E-state index in [4.69, 9.17) is 0 Å². The van der Waals surface area contributed by atoms with Gasteiger partial charge in [0.1, 0.15) is 5.00 Å². The van der Waals surface area contributed by atoms with Gasteiger partial charge in [0.15, 0.2) is 5.12 Å². The third-order valence-electron chi connectivity index (χ3n) is 1.80. The van der Waals surface area contributed by atoms with Gasteiger partial charge in [0.05, 0.1) is 11.3 Å². The van der Waals surface area contributed by atoms with Gasteiger partial charge in [0.25, 0.3) is 5.91 Å². The molecule has 0 aromatic carbocycles. The van der Waals surface area contributed by atoms with Crippen LogP contribution in [-0.2, 0) is 9.59 Å². The number of thioether (sulfide) groups is 1. The monoisotopic (exact) mass is 272 g/mol. The molecular weight excluding hydrogens is 260 g/mol. The summed E-state index contributed by atoms with van der Waals surface area (Å²) >= 11 is 2.20. The summed E-state index contributed by atoms with van der Waals surface area (Å²) in [5.74, 6) is -0.487. The zero-order valence-electron chi connectivity index (χ0n) is 9.40. The fourth-order valence-corrected chi connectivity index (χ4v) is 2.26. The van der Waals surface area contributed by atoms with Crippen LogP contribution in [0.25, 0.3) is 0 Å². The van der Waals surface area contributed by atoms with Gasteiger partial charge in [0.2, 0.25) is 5.91 Å². The first-order valence-electron chi connectivity index (χ1n) is 4.77. The van der Waals surface area contributed by atoms with Gasteiger partial charge in [-0.1, -0.05) is 11.8 Å². The average Bonchev–Trinajstić information content (AvgIpc) is 2.73. The summed E-state index contributed by atoms with van der Waals surface area (Å²) in [6, 6.07) is 1.64. The maximum atomic E-state index is 11.5. The summed E-state index contributed by atoms with van der Waals surface area (Å²) < 4.78 is 0. The predicted molar refractivity (Wildman–Crippen MR) is 69.5 cm³/mol. The molecule has 0 saturated heterocycles. The molecule has 2 N–H and O–H groups in total. The molecule has 0 saturated carbocycles. The molecule has 17 heavy (non-hydrogen) atoms. The first-order valence-corrected chi connectivity index (χ1v) is 6.64. The molecule has 0 aliphatic heterocycles. The van der Waals surface area contributed by atoms with E-state index in [1.807, 2.05) is 0 Å². The summed E-state index contributed by atoms with van der Waals surface area (Å²) in [5.41, 5.74) is 0.429. The lowest BCUT2D eigenvalue weighted by molar-refractivity contribution is -0.114. The Balaban J connectivity index is 2.62. The Morgan fingerprint density at radius 1 is 1.41 bits per heavy atom. The van der Waals surface area contributed by atoms with Crippen LogP contribution in [0.1, 0.15) is 17.3 Å². The number of thiophene rings is 1. The molecule has 0 atom stereocenters. The van der Waals surface area contributed by atoms with E-state index < -0.39 is 0 Å². The molecular formula is C10H12N2O3S2. The van der Waals surface area contributed by atoms with Crippen molar-refractivity contribution in [1.82, 2.24) is 5.32 Å². The summed E-state index contributed by atoms with van der Waals surface area (Å²) in [4.78, 5) is 33.6. The Morgan fingerprint density at radius 2 is 2.12 bits per heavy atom.